The summed E-state index contributed by atoms with van der Waals surface area (Å²) in [4.78, 5) is 17.8. The second kappa shape index (κ2) is 10.5. The highest BCUT2D eigenvalue weighted by Crippen LogP contribution is 2.23. The Morgan fingerprint density at radius 2 is 1.81 bits per heavy atom. The summed E-state index contributed by atoms with van der Waals surface area (Å²) < 4.78 is 30.6. The van der Waals surface area contributed by atoms with Crippen molar-refractivity contribution >= 4 is 24.7 Å². The first-order valence-corrected chi connectivity index (χ1v) is 11.4. The third kappa shape index (κ3) is 5.33. The van der Waals surface area contributed by atoms with Crippen molar-refractivity contribution in [2.75, 3.05) is 0 Å². The van der Waals surface area contributed by atoms with Gasteiger partial charge in [0.1, 0.15) is 11.6 Å². The number of aryl methyl sites for hydroxylation is 2. The van der Waals surface area contributed by atoms with E-state index in [1.807, 2.05) is 51.4 Å². The summed E-state index contributed by atoms with van der Waals surface area (Å²) in [5, 5.41) is 13.3. The van der Waals surface area contributed by atoms with E-state index in [1.54, 1.807) is 27.9 Å². The van der Waals surface area contributed by atoms with Crippen molar-refractivity contribution < 1.29 is 13.6 Å². The second-order valence-corrected chi connectivity index (χ2v) is 8.76. The number of nitriles is 1. The molecule has 9 heteroatoms. The summed E-state index contributed by atoms with van der Waals surface area (Å²) in [6.45, 7) is 4.52. The number of aromatic nitrogens is 3. The Morgan fingerprint density at radius 1 is 1.11 bits per heavy atom. The molecule has 1 amide bonds. The van der Waals surface area contributed by atoms with Crippen molar-refractivity contribution in [2.24, 2.45) is 7.05 Å². The molecule has 0 saturated heterocycles. The molecule has 0 spiro atoms. The van der Waals surface area contributed by atoms with Crippen LogP contribution in [0.1, 0.15) is 27.9 Å². The summed E-state index contributed by atoms with van der Waals surface area (Å²) in [5.41, 5.74) is 5.93. The Hall–Kier alpha value is -4.32. The third-order valence-corrected chi connectivity index (χ3v) is 6.22. The van der Waals surface area contributed by atoms with E-state index in [4.69, 9.17) is 5.26 Å². The van der Waals surface area contributed by atoms with Crippen LogP contribution >= 0.6 is 0 Å². The van der Waals surface area contributed by atoms with Gasteiger partial charge < -0.3 is 4.90 Å². The number of benzene rings is 2. The lowest BCUT2D eigenvalue weighted by atomic mass is 9.64. The number of hydrogen-bond donors (Lipinski definition) is 0. The molecular weight excluding hydrogens is 459 g/mol. The van der Waals surface area contributed by atoms with Gasteiger partial charge in [0.2, 0.25) is 13.7 Å². The normalized spacial score (nSPS) is 10.7. The van der Waals surface area contributed by atoms with E-state index in [0.29, 0.717) is 18.7 Å². The number of nitrogens with zero attached hydrogens (tertiary/aromatic N) is 5. The molecule has 0 saturated carbocycles. The van der Waals surface area contributed by atoms with E-state index >= 15 is 0 Å². The molecule has 0 unspecified atom stereocenters. The average Bonchev–Trinajstić information content (AvgIpc) is 3.20. The monoisotopic (exact) mass is 483 g/mol. The first kappa shape index (κ1) is 24.8. The molecule has 180 valence electrons. The highest BCUT2D eigenvalue weighted by atomic mass is 19.1. The number of carbonyl (C=O) groups excluding carboxylic acids is 1. The fraction of sp³-hybridized carbons (Fsp3) is 0.185. The summed E-state index contributed by atoms with van der Waals surface area (Å²) in [5.74, 6) is -1.56. The van der Waals surface area contributed by atoms with Crippen molar-refractivity contribution in [3.8, 4) is 17.2 Å². The van der Waals surface area contributed by atoms with E-state index in [0.717, 1.165) is 52.1 Å². The Labute approximate surface area is 209 Å². The van der Waals surface area contributed by atoms with Gasteiger partial charge in [0.15, 0.2) is 0 Å². The summed E-state index contributed by atoms with van der Waals surface area (Å²) in [7, 11) is 1.83. The molecule has 6 nitrogen and oxygen atoms in total. The lowest BCUT2D eigenvalue weighted by Gasteiger charge is -2.20. The number of hydrogen-bond acceptors (Lipinski definition) is 4. The van der Waals surface area contributed by atoms with Gasteiger partial charge in [-0.25, -0.2) is 8.78 Å². The van der Waals surface area contributed by atoms with E-state index < -0.39 is 11.6 Å². The van der Waals surface area contributed by atoms with Crippen molar-refractivity contribution in [1.29, 1.82) is 5.26 Å². The SMILES string of the molecule is Cc1nn(C)cc1-c1ccc(CN(C=O)Cc2ccnc(Bc3c(F)cc(C#N)cc3F)c2C)cc1. The van der Waals surface area contributed by atoms with Crippen molar-refractivity contribution in [2.45, 2.75) is 26.9 Å². The average molecular weight is 483 g/mol. The largest absolute Gasteiger partial charge is 0.337 e. The molecule has 2 heterocycles. The zero-order valence-corrected chi connectivity index (χ0v) is 20.3. The number of halogens is 2. The lowest BCUT2D eigenvalue weighted by molar-refractivity contribution is -0.119. The maximum Gasteiger partial charge on any atom is 0.224 e. The van der Waals surface area contributed by atoms with E-state index in [2.05, 4.69) is 10.1 Å². The molecule has 0 aliphatic heterocycles. The smallest absolute Gasteiger partial charge is 0.224 e. The van der Waals surface area contributed by atoms with Crippen molar-refractivity contribution in [3.05, 3.63) is 94.4 Å². The molecule has 0 atom stereocenters. The standard InChI is InChI=1S/C27H24BF2N5O/c1-17-22(8-9-32-27(17)28-26-24(29)10-20(12-31)11-25(26)30)14-35(16-36)13-19-4-6-21(7-5-19)23-15-34(3)33-18(23)2/h4-11,15-16,28H,13-14H2,1-3H3. The van der Waals surface area contributed by atoms with Gasteiger partial charge in [0, 0.05) is 43.7 Å². The minimum absolute atomic E-state index is 0.0562. The number of rotatable bonds is 8. The van der Waals surface area contributed by atoms with Crippen LogP contribution in [0.5, 0.6) is 0 Å². The zero-order valence-electron chi connectivity index (χ0n) is 20.3. The van der Waals surface area contributed by atoms with Crippen LogP contribution < -0.4 is 11.1 Å². The molecule has 2 aromatic carbocycles. The van der Waals surface area contributed by atoms with Crippen LogP contribution in [0.3, 0.4) is 0 Å². The van der Waals surface area contributed by atoms with Crippen molar-refractivity contribution in [1.82, 2.24) is 19.7 Å². The Kier molecular flexibility index (Phi) is 7.25. The van der Waals surface area contributed by atoms with Crippen molar-refractivity contribution in [3.63, 3.8) is 0 Å². The number of carbonyl (C=O) groups is 1. The second-order valence-electron chi connectivity index (χ2n) is 8.76. The first-order chi connectivity index (χ1) is 17.3. The Bertz CT molecular complexity index is 1440. The minimum Gasteiger partial charge on any atom is -0.337 e. The molecule has 4 aromatic rings. The molecule has 0 radical (unpaired) electrons. The van der Waals surface area contributed by atoms with Gasteiger partial charge in [0.25, 0.3) is 0 Å². The molecule has 4 rings (SSSR count). The molecule has 36 heavy (non-hydrogen) atoms. The quantitative estimate of drug-likeness (QED) is 0.286. The van der Waals surface area contributed by atoms with Gasteiger partial charge in [0.05, 0.1) is 17.3 Å². The van der Waals surface area contributed by atoms with Crippen LogP contribution in [0, 0.1) is 36.8 Å². The fourth-order valence-corrected chi connectivity index (χ4v) is 4.23. The van der Waals surface area contributed by atoms with E-state index in [9.17, 15) is 13.6 Å². The van der Waals surface area contributed by atoms with Gasteiger partial charge in [-0.15, -0.1) is 0 Å². The molecule has 0 N–H and O–H groups in total. The summed E-state index contributed by atoms with van der Waals surface area (Å²) in [6, 6.07) is 13.6. The van der Waals surface area contributed by atoms with Crippen LogP contribution in [0.4, 0.5) is 8.78 Å². The first-order valence-electron chi connectivity index (χ1n) is 11.4. The number of amides is 1. The third-order valence-electron chi connectivity index (χ3n) is 6.22. The number of pyridine rings is 1. The van der Waals surface area contributed by atoms with E-state index in [-0.39, 0.29) is 18.3 Å². The van der Waals surface area contributed by atoms with Crippen LogP contribution in [0.15, 0.2) is 54.9 Å². The Morgan fingerprint density at radius 3 is 2.39 bits per heavy atom. The van der Waals surface area contributed by atoms with Crippen LogP contribution in [0.2, 0.25) is 0 Å². The van der Waals surface area contributed by atoms with E-state index in [1.165, 1.54) is 0 Å². The van der Waals surface area contributed by atoms with Gasteiger partial charge in [-0.1, -0.05) is 24.3 Å². The predicted octanol–water partition coefficient (Wildman–Crippen LogP) is 2.79. The highest BCUT2D eigenvalue weighted by molar-refractivity contribution is 6.67. The predicted molar refractivity (Wildman–Crippen MR) is 135 cm³/mol. The van der Waals surface area contributed by atoms with Gasteiger partial charge in [-0.2, -0.15) is 10.4 Å². The molecule has 0 fully saturated rings. The van der Waals surface area contributed by atoms with Gasteiger partial charge in [-0.05, 0) is 59.8 Å². The van der Waals surface area contributed by atoms with Gasteiger partial charge in [-0.3, -0.25) is 14.5 Å². The van der Waals surface area contributed by atoms with Crippen LogP contribution in [-0.2, 0) is 24.9 Å². The summed E-state index contributed by atoms with van der Waals surface area (Å²) >= 11 is 0. The topological polar surface area (TPSA) is 74.8 Å². The zero-order chi connectivity index (χ0) is 25.8. The Balaban J connectivity index is 1.50. The molecule has 2 aromatic heterocycles. The minimum atomic E-state index is -0.780. The van der Waals surface area contributed by atoms with Gasteiger partial charge >= 0.3 is 0 Å². The lowest BCUT2D eigenvalue weighted by Crippen LogP contribution is -2.36. The molecular formula is C27H24BF2N5O. The molecule has 0 aliphatic rings. The molecule has 0 aliphatic carbocycles. The molecule has 0 bridgehead atoms. The maximum atomic E-state index is 14.4. The summed E-state index contributed by atoms with van der Waals surface area (Å²) in [6.07, 6.45) is 4.34. The highest BCUT2D eigenvalue weighted by Gasteiger charge is 2.17. The van der Waals surface area contributed by atoms with Crippen LogP contribution in [0.25, 0.3) is 11.1 Å². The fourth-order valence-electron chi connectivity index (χ4n) is 4.23. The van der Waals surface area contributed by atoms with Crippen LogP contribution in [-0.4, -0.2) is 33.4 Å². The maximum absolute atomic E-state index is 14.4.